The average molecular weight is 347 g/mol. The van der Waals surface area contributed by atoms with E-state index in [2.05, 4.69) is 15.9 Å². The van der Waals surface area contributed by atoms with Crippen LogP contribution in [0.25, 0.3) is 0 Å². The highest BCUT2D eigenvalue weighted by Crippen LogP contribution is 2.33. The maximum atomic E-state index is 11.9. The first-order chi connectivity index (χ1) is 9.13. The second kappa shape index (κ2) is 5.70. The Hall–Kier alpha value is -1.77. The van der Waals surface area contributed by atoms with Crippen LogP contribution in [-0.4, -0.2) is 48.3 Å². The number of carbonyl (C=O) groups is 3. The molecule has 7 nitrogen and oxygen atoms in total. The Morgan fingerprint density at radius 3 is 1.90 bits per heavy atom. The highest BCUT2D eigenvalue weighted by atomic mass is 79.9. The average Bonchev–Trinajstić information content (AvgIpc) is 2.38. The molecule has 0 bridgehead atoms. The fourth-order valence-corrected chi connectivity index (χ4v) is 1.78. The number of benzene rings is 1. The predicted molar refractivity (Wildman–Crippen MR) is 69.5 cm³/mol. The van der Waals surface area contributed by atoms with Gasteiger partial charge in [0.15, 0.2) is 5.78 Å². The molecule has 0 aliphatic rings. The molecule has 0 amide bonds. The lowest BCUT2D eigenvalue weighted by atomic mass is 9.88. The smallest absolute Gasteiger partial charge is 0.350 e. The highest BCUT2D eigenvalue weighted by molar-refractivity contribution is 9.10. The van der Waals surface area contributed by atoms with Crippen LogP contribution in [0.15, 0.2) is 30.3 Å². The molecule has 0 aromatic heterocycles. The fourth-order valence-electron chi connectivity index (χ4n) is 1.47. The quantitative estimate of drug-likeness (QED) is 0.428. The number of carboxylic acids is 2. The summed E-state index contributed by atoms with van der Waals surface area (Å²) in [4.78, 5) is 33.8. The van der Waals surface area contributed by atoms with Crippen LogP contribution < -0.4 is 0 Å². The van der Waals surface area contributed by atoms with E-state index in [9.17, 15) is 24.6 Å². The molecule has 1 rings (SSSR count). The standard InChI is InChI=1S/C12H11BrO7/c13-12(20,10(17)18)11(19,9(15)16)6-8(14)7-4-2-1-3-5-7/h1-5,19-20H,6H2,(H,15,16)(H,17,18). The summed E-state index contributed by atoms with van der Waals surface area (Å²) in [6.45, 7) is 0. The van der Waals surface area contributed by atoms with Crippen LogP contribution in [0.4, 0.5) is 0 Å². The molecule has 0 aliphatic carbocycles. The number of aliphatic hydroxyl groups is 2. The maximum Gasteiger partial charge on any atom is 0.350 e. The third-order valence-electron chi connectivity index (χ3n) is 2.70. The molecule has 20 heavy (non-hydrogen) atoms. The number of hydrogen-bond acceptors (Lipinski definition) is 5. The first kappa shape index (κ1) is 16.3. The van der Waals surface area contributed by atoms with Crippen LogP contribution in [0.3, 0.4) is 0 Å². The number of alkyl halides is 1. The molecule has 1 aromatic carbocycles. The Kier molecular flexibility index (Phi) is 4.64. The van der Waals surface area contributed by atoms with Crippen LogP contribution in [0.2, 0.25) is 0 Å². The van der Waals surface area contributed by atoms with Crippen molar-refractivity contribution in [2.75, 3.05) is 0 Å². The van der Waals surface area contributed by atoms with Gasteiger partial charge in [-0.1, -0.05) is 30.3 Å². The SMILES string of the molecule is O=C(CC(O)(C(=O)O)C(O)(Br)C(=O)O)c1ccccc1. The number of ketones is 1. The second-order valence-corrected chi connectivity index (χ2v) is 5.21. The van der Waals surface area contributed by atoms with Crippen LogP contribution >= 0.6 is 15.9 Å². The third kappa shape index (κ3) is 2.87. The van der Waals surface area contributed by atoms with Crippen LogP contribution in [-0.2, 0) is 9.59 Å². The topological polar surface area (TPSA) is 132 Å². The first-order valence-corrected chi connectivity index (χ1v) is 6.11. The molecule has 2 atom stereocenters. The zero-order chi connectivity index (χ0) is 15.6. The summed E-state index contributed by atoms with van der Waals surface area (Å²) >= 11 is 2.24. The largest absolute Gasteiger partial charge is 0.479 e. The van der Waals surface area contributed by atoms with Gasteiger partial charge in [-0.3, -0.25) is 4.79 Å². The molecule has 0 fully saturated rings. The van der Waals surface area contributed by atoms with Crippen molar-refractivity contribution in [3.05, 3.63) is 35.9 Å². The zero-order valence-corrected chi connectivity index (χ0v) is 11.6. The summed E-state index contributed by atoms with van der Waals surface area (Å²) in [5.41, 5.74) is -3.13. The summed E-state index contributed by atoms with van der Waals surface area (Å²) in [5.74, 6) is -4.89. The monoisotopic (exact) mass is 346 g/mol. The molecule has 0 saturated carbocycles. The van der Waals surface area contributed by atoms with Crippen molar-refractivity contribution in [1.29, 1.82) is 0 Å². The van der Waals surface area contributed by atoms with Crippen LogP contribution in [0, 0.1) is 0 Å². The molecule has 0 spiro atoms. The van der Waals surface area contributed by atoms with Gasteiger partial charge in [-0.2, -0.15) is 0 Å². The molecule has 4 N–H and O–H groups in total. The number of aliphatic carboxylic acids is 2. The molecular weight excluding hydrogens is 336 g/mol. The van der Waals surface area contributed by atoms with Gasteiger partial charge in [0.2, 0.25) is 5.60 Å². The fraction of sp³-hybridized carbons (Fsp3) is 0.250. The van der Waals surface area contributed by atoms with Crippen LogP contribution in [0.5, 0.6) is 0 Å². The molecule has 2 unspecified atom stereocenters. The highest BCUT2D eigenvalue weighted by Gasteiger charge is 2.60. The lowest BCUT2D eigenvalue weighted by Crippen LogP contribution is -2.61. The minimum atomic E-state index is -3.22. The first-order valence-electron chi connectivity index (χ1n) is 5.31. The van der Waals surface area contributed by atoms with Crippen molar-refractivity contribution in [2.45, 2.75) is 16.5 Å². The van der Waals surface area contributed by atoms with Crippen molar-refractivity contribution < 1.29 is 34.8 Å². The van der Waals surface area contributed by atoms with Crippen molar-refractivity contribution in [2.24, 2.45) is 0 Å². The number of rotatable bonds is 6. The van der Waals surface area contributed by atoms with E-state index >= 15 is 0 Å². The van der Waals surface area contributed by atoms with Crippen molar-refractivity contribution in [3.63, 3.8) is 0 Å². The van der Waals surface area contributed by atoms with E-state index in [1.807, 2.05) is 0 Å². The molecule has 0 heterocycles. The molecule has 0 radical (unpaired) electrons. The molecule has 108 valence electrons. The minimum Gasteiger partial charge on any atom is -0.479 e. The van der Waals surface area contributed by atoms with E-state index in [0.717, 1.165) is 0 Å². The van der Waals surface area contributed by atoms with Gasteiger partial charge in [-0.05, 0) is 15.9 Å². The minimum absolute atomic E-state index is 0.0841. The van der Waals surface area contributed by atoms with Gasteiger partial charge in [-0.15, -0.1) is 0 Å². The Morgan fingerprint density at radius 1 is 1.00 bits per heavy atom. The van der Waals surface area contributed by atoms with Crippen molar-refractivity contribution in [3.8, 4) is 0 Å². The predicted octanol–water partition coefficient (Wildman–Crippen LogP) is 0.243. The van der Waals surface area contributed by atoms with E-state index in [1.165, 1.54) is 24.3 Å². The number of carboxylic acid groups (broad SMARTS) is 2. The Labute approximate surface area is 121 Å². The van der Waals surface area contributed by atoms with Crippen LogP contribution in [0.1, 0.15) is 16.8 Å². The molecule has 1 aromatic rings. The zero-order valence-electron chi connectivity index (χ0n) is 9.99. The summed E-state index contributed by atoms with van der Waals surface area (Å²) in [6, 6.07) is 7.41. The van der Waals surface area contributed by atoms with Crippen molar-refractivity contribution in [1.82, 2.24) is 0 Å². The Balaban J connectivity index is 3.14. The van der Waals surface area contributed by atoms with E-state index < -0.39 is 34.3 Å². The lowest BCUT2D eigenvalue weighted by Gasteiger charge is -2.32. The van der Waals surface area contributed by atoms with Gasteiger partial charge in [0.25, 0.3) is 4.51 Å². The third-order valence-corrected chi connectivity index (χ3v) is 3.69. The van der Waals surface area contributed by atoms with Gasteiger partial charge < -0.3 is 20.4 Å². The summed E-state index contributed by atoms with van der Waals surface area (Å²) in [5, 5.41) is 37.3. The second-order valence-electron chi connectivity index (χ2n) is 4.06. The van der Waals surface area contributed by atoms with Crippen molar-refractivity contribution >= 4 is 33.7 Å². The van der Waals surface area contributed by atoms with E-state index in [4.69, 9.17) is 10.2 Å². The van der Waals surface area contributed by atoms with E-state index in [1.54, 1.807) is 6.07 Å². The van der Waals surface area contributed by atoms with E-state index in [0.29, 0.717) is 0 Å². The van der Waals surface area contributed by atoms with Gasteiger partial charge >= 0.3 is 11.9 Å². The molecule has 0 saturated heterocycles. The number of halogens is 1. The Bertz CT molecular complexity index is 540. The van der Waals surface area contributed by atoms with E-state index in [-0.39, 0.29) is 5.56 Å². The summed E-state index contributed by atoms with van der Waals surface area (Å²) in [7, 11) is 0. The van der Waals surface area contributed by atoms with Gasteiger partial charge in [0.1, 0.15) is 0 Å². The lowest BCUT2D eigenvalue weighted by molar-refractivity contribution is -0.187. The van der Waals surface area contributed by atoms with Gasteiger partial charge in [-0.25, -0.2) is 9.59 Å². The van der Waals surface area contributed by atoms with Gasteiger partial charge in [0.05, 0.1) is 6.42 Å². The molecule has 8 heteroatoms. The Morgan fingerprint density at radius 2 is 1.50 bits per heavy atom. The van der Waals surface area contributed by atoms with Gasteiger partial charge in [0, 0.05) is 5.56 Å². The number of Topliss-reactive ketones (excluding diaryl/α,β-unsaturated/α-hetero) is 1. The number of hydrogen-bond donors (Lipinski definition) is 4. The summed E-state index contributed by atoms with van der Waals surface area (Å²) in [6.07, 6.45) is -1.11. The molecular formula is C12H11BrO7. The maximum absolute atomic E-state index is 11.9. The normalized spacial score (nSPS) is 16.8. The number of carbonyl (C=O) groups excluding carboxylic acids is 1. The molecule has 0 aliphatic heterocycles. The summed E-state index contributed by atoms with van der Waals surface area (Å²) < 4.78 is -3.20.